The van der Waals surface area contributed by atoms with E-state index in [-0.39, 0.29) is 12.5 Å². The zero-order valence-electron chi connectivity index (χ0n) is 11.9. The Morgan fingerprint density at radius 1 is 1.27 bits per heavy atom. The van der Waals surface area contributed by atoms with Crippen molar-refractivity contribution in [2.45, 2.75) is 11.4 Å². The molecule has 2 aromatic rings. The minimum absolute atomic E-state index is 0.0386. The SMILES string of the molecule is CSc1ccc(CNC(=O)COc2ccc(Cl)cc2Br)cc1. The fraction of sp³-hybridized carbons (Fsp3) is 0.188. The molecule has 3 nitrogen and oxygen atoms in total. The van der Waals surface area contributed by atoms with Crippen LogP contribution >= 0.6 is 39.3 Å². The Morgan fingerprint density at radius 3 is 2.64 bits per heavy atom. The van der Waals surface area contributed by atoms with E-state index in [1.165, 1.54) is 4.90 Å². The third-order valence-electron chi connectivity index (χ3n) is 2.90. The lowest BCUT2D eigenvalue weighted by Crippen LogP contribution is -2.28. The van der Waals surface area contributed by atoms with E-state index < -0.39 is 0 Å². The highest BCUT2D eigenvalue weighted by molar-refractivity contribution is 9.10. The highest BCUT2D eigenvalue weighted by Gasteiger charge is 2.06. The largest absolute Gasteiger partial charge is 0.483 e. The molecule has 0 atom stereocenters. The molecule has 6 heteroatoms. The lowest BCUT2D eigenvalue weighted by atomic mass is 10.2. The number of rotatable bonds is 6. The molecule has 0 aliphatic heterocycles. The number of benzene rings is 2. The highest BCUT2D eigenvalue weighted by atomic mass is 79.9. The molecular weight excluding hydrogens is 386 g/mol. The van der Waals surface area contributed by atoms with Gasteiger partial charge in [0.05, 0.1) is 4.47 Å². The Labute approximate surface area is 147 Å². The summed E-state index contributed by atoms with van der Waals surface area (Å²) in [5.74, 6) is 0.416. The van der Waals surface area contributed by atoms with Gasteiger partial charge in [-0.25, -0.2) is 0 Å². The summed E-state index contributed by atoms with van der Waals surface area (Å²) in [6.45, 7) is 0.446. The molecule has 0 bridgehead atoms. The maximum absolute atomic E-state index is 11.8. The number of carbonyl (C=O) groups excluding carboxylic acids is 1. The van der Waals surface area contributed by atoms with Gasteiger partial charge in [0.1, 0.15) is 5.75 Å². The number of hydrogen-bond acceptors (Lipinski definition) is 3. The van der Waals surface area contributed by atoms with Crippen LogP contribution in [0.2, 0.25) is 5.02 Å². The number of ether oxygens (including phenoxy) is 1. The van der Waals surface area contributed by atoms with Crippen molar-refractivity contribution in [2.24, 2.45) is 0 Å². The number of thioether (sulfide) groups is 1. The topological polar surface area (TPSA) is 38.3 Å². The molecule has 0 heterocycles. The molecular formula is C16H15BrClNO2S. The van der Waals surface area contributed by atoms with E-state index in [4.69, 9.17) is 16.3 Å². The first-order valence-corrected chi connectivity index (χ1v) is 8.95. The van der Waals surface area contributed by atoms with E-state index in [1.54, 1.807) is 30.0 Å². The van der Waals surface area contributed by atoms with E-state index >= 15 is 0 Å². The van der Waals surface area contributed by atoms with Crippen molar-refractivity contribution in [1.82, 2.24) is 5.32 Å². The van der Waals surface area contributed by atoms with Crippen LogP contribution in [0.3, 0.4) is 0 Å². The number of halogens is 2. The van der Waals surface area contributed by atoms with Gasteiger partial charge in [0.15, 0.2) is 6.61 Å². The van der Waals surface area contributed by atoms with Gasteiger partial charge in [0, 0.05) is 16.5 Å². The van der Waals surface area contributed by atoms with E-state index in [0.29, 0.717) is 17.3 Å². The summed E-state index contributed by atoms with van der Waals surface area (Å²) in [6.07, 6.45) is 2.03. The van der Waals surface area contributed by atoms with Gasteiger partial charge in [-0.1, -0.05) is 23.7 Å². The lowest BCUT2D eigenvalue weighted by Gasteiger charge is -2.09. The zero-order valence-corrected chi connectivity index (χ0v) is 15.1. The van der Waals surface area contributed by atoms with Crippen molar-refractivity contribution in [3.63, 3.8) is 0 Å². The third-order valence-corrected chi connectivity index (χ3v) is 4.50. The van der Waals surface area contributed by atoms with Gasteiger partial charge in [-0.05, 0) is 58.1 Å². The second kappa shape index (κ2) is 8.46. The molecule has 2 rings (SSSR count). The predicted octanol–water partition coefficient (Wildman–Crippen LogP) is 4.52. The zero-order chi connectivity index (χ0) is 15.9. The Hall–Kier alpha value is -1.17. The average Bonchev–Trinajstić information content (AvgIpc) is 2.52. The molecule has 0 aliphatic rings. The first kappa shape index (κ1) is 17.2. The Balaban J connectivity index is 1.80. The van der Waals surface area contributed by atoms with E-state index in [0.717, 1.165) is 10.0 Å². The Bertz CT molecular complexity index is 649. The summed E-state index contributed by atoms with van der Waals surface area (Å²) in [6, 6.07) is 13.2. The van der Waals surface area contributed by atoms with E-state index in [9.17, 15) is 4.79 Å². The van der Waals surface area contributed by atoms with Gasteiger partial charge < -0.3 is 10.1 Å². The molecule has 1 amide bonds. The van der Waals surface area contributed by atoms with Crippen LogP contribution in [0.1, 0.15) is 5.56 Å². The average molecular weight is 401 g/mol. The summed E-state index contributed by atoms with van der Waals surface area (Å²) in [5.41, 5.74) is 1.05. The number of amides is 1. The molecule has 22 heavy (non-hydrogen) atoms. The van der Waals surface area contributed by atoms with Crippen molar-refractivity contribution >= 4 is 45.2 Å². The van der Waals surface area contributed by atoms with Crippen LogP contribution in [0, 0.1) is 0 Å². The lowest BCUT2D eigenvalue weighted by molar-refractivity contribution is -0.123. The molecule has 1 N–H and O–H groups in total. The molecule has 0 saturated carbocycles. The van der Waals surface area contributed by atoms with Crippen molar-refractivity contribution < 1.29 is 9.53 Å². The Kier molecular flexibility index (Phi) is 6.61. The third kappa shape index (κ3) is 5.23. The van der Waals surface area contributed by atoms with Gasteiger partial charge in [0.2, 0.25) is 0 Å². The first-order valence-electron chi connectivity index (χ1n) is 6.56. The summed E-state index contributed by atoms with van der Waals surface area (Å²) in [5, 5.41) is 3.43. The van der Waals surface area contributed by atoms with Crippen molar-refractivity contribution in [3.8, 4) is 5.75 Å². The van der Waals surface area contributed by atoms with Crippen LogP contribution in [0.15, 0.2) is 51.8 Å². The van der Waals surface area contributed by atoms with Crippen molar-refractivity contribution in [3.05, 3.63) is 57.5 Å². The molecule has 0 unspecified atom stereocenters. The van der Waals surface area contributed by atoms with Gasteiger partial charge >= 0.3 is 0 Å². The molecule has 0 saturated heterocycles. The second-order valence-corrected chi connectivity index (χ2v) is 6.66. The molecule has 0 spiro atoms. The minimum atomic E-state index is -0.171. The fourth-order valence-corrected chi connectivity index (χ4v) is 2.94. The van der Waals surface area contributed by atoms with Crippen LogP contribution < -0.4 is 10.1 Å². The van der Waals surface area contributed by atoms with Gasteiger partial charge in [-0.15, -0.1) is 11.8 Å². The maximum atomic E-state index is 11.8. The molecule has 2 aromatic carbocycles. The quantitative estimate of drug-likeness (QED) is 0.725. The molecule has 0 radical (unpaired) electrons. The van der Waals surface area contributed by atoms with Crippen LogP contribution in [0.5, 0.6) is 5.75 Å². The summed E-state index contributed by atoms with van der Waals surface area (Å²) in [7, 11) is 0. The van der Waals surface area contributed by atoms with Crippen LogP contribution in [0.4, 0.5) is 0 Å². The van der Waals surface area contributed by atoms with Crippen LogP contribution in [-0.4, -0.2) is 18.8 Å². The summed E-state index contributed by atoms with van der Waals surface area (Å²) in [4.78, 5) is 13.0. The van der Waals surface area contributed by atoms with Crippen molar-refractivity contribution in [1.29, 1.82) is 0 Å². The van der Waals surface area contributed by atoms with Gasteiger partial charge in [-0.2, -0.15) is 0 Å². The summed E-state index contributed by atoms with van der Waals surface area (Å²) < 4.78 is 6.18. The maximum Gasteiger partial charge on any atom is 0.258 e. The minimum Gasteiger partial charge on any atom is -0.483 e. The number of nitrogens with one attached hydrogen (secondary N) is 1. The smallest absolute Gasteiger partial charge is 0.258 e. The second-order valence-electron chi connectivity index (χ2n) is 4.49. The molecule has 0 aliphatic carbocycles. The normalized spacial score (nSPS) is 10.3. The first-order chi connectivity index (χ1) is 10.6. The standard InChI is InChI=1S/C16H15BrClNO2S/c1-22-13-5-2-11(3-6-13)9-19-16(20)10-21-15-7-4-12(18)8-14(15)17/h2-8H,9-10H2,1H3,(H,19,20). The van der Waals surface area contributed by atoms with E-state index in [2.05, 4.69) is 21.2 Å². The van der Waals surface area contributed by atoms with Gasteiger partial charge in [-0.3, -0.25) is 4.79 Å². The Morgan fingerprint density at radius 2 is 2.00 bits per heavy atom. The predicted molar refractivity (Wildman–Crippen MR) is 94.7 cm³/mol. The van der Waals surface area contributed by atoms with Crippen LogP contribution in [-0.2, 0) is 11.3 Å². The van der Waals surface area contributed by atoms with E-state index in [1.807, 2.05) is 30.5 Å². The monoisotopic (exact) mass is 399 g/mol. The number of carbonyl (C=O) groups is 1. The van der Waals surface area contributed by atoms with Crippen molar-refractivity contribution in [2.75, 3.05) is 12.9 Å². The fourth-order valence-electron chi connectivity index (χ4n) is 1.73. The van der Waals surface area contributed by atoms with Gasteiger partial charge in [0.25, 0.3) is 5.91 Å². The van der Waals surface area contributed by atoms with Crippen LogP contribution in [0.25, 0.3) is 0 Å². The highest BCUT2D eigenvalue weighted by Crippen LogP contribution is 2.27. The summed E-state index contributed by atoms with van der Waals surface area (Å²) >= 11 is 10.9. The molecule has 116 valence electrons. The molecule has 0 fully saturated rings. The molecule has 0 aromatic heterocycles. The number of hydrogen-bond donors (Lipinski definition) is 1.